The third-order valence-electron chi connectivity index (χ3n) is 4.91. The van der Waals surface area contributed by atoms with Crippen LogP contribution in [0.4, 0.5) is 0 Å². The zero-order valence-electron chi connectivity index (χ0n) is 14.3. The molecule has 5 nitrogen and oxygen atoms in total. The van der Waals surface area contributed by atoms with E-state index < -0.39 is 0 Å². The zero-order valence-corrected chi connectivity index (χ0v) is 15.1. The molecule has 4 rings (SSSR count). The summed E-state index contributed by atoms with van der Waals surface area (Å²) in [6.45, 7) is 3.03. The molecule has 0 saturated heterocycles. The minimum Gasteiger partial charge on any atom is -0.497 e. The van der Waals surface area contributed by atoms with Crippen molar-refractivity contribution in [3.8, 4) is 5.75 Å². The molecule has 0 spiro atoms. The molecule has 1 aromatic heterocycles. The Labute approximate surface area is 147 Å². The van der Waals surface area contributed by atoms with Gasteiger partial charge in [0, 0.05) is 29.8 Å². The van der Waals surface area contributed by atoms with E-state index in [2.05, 4.69) is 45.2 Å². The van der Waals surface area contributed by atoms with Crippen LogP contribution < -0.4 is 10.1 Å². The molecule has 0 aliphatic carbocycles. The van der Waals surface area contributed by atoms with Crippen molar-refractivity contribution in [1.82, 2.24) is 20.1 Å². The van der Waals surface area contributed by atoms with Gasteiger partial charge >= 0.3 is 0 Å². The van der Waals surface area contributed by atoms with E-state index in [1.807, 2.05) is 11.8 Å². The smallest absolute Gasteiger partial charge is 0.150 e. The number of aryl methyl sites for hydroxylation is 2. The minimum atomic E-state index is 0.400. The maximum atomic E-state index is 5.42. The van der Waals surface area contributed by atoms with Gasteiger partial charge in [0.15, 0.2) is 5.82 Å². The first-order valence-corrected chi connectivity index (χ1v) is 9.74. The fourth-order valence-electron chi connectivity index (χ4n) is 3.60. The van der Waals surface area contributed by atoms with E-state index in [1.165, 1.54) is 10.5 Å². The lowest BCUT2D eigenvalue weighted by atomic mass is 10.00. The molecule has 1 aromatic carbocycles. The lowest BCUT2D eigenvalue weighted by molar-refractivity contribution is 0.320. The van der Waals surface area contributed by atoms with Gasteiger partial charge in [0.2, 0.25) is 0 Å². The summed E-state index contributed by atoms with van der Waals surface area (Å²) in [5.74, 6) is 4.22. The predicted octanol–water partition coefficient (Wildman–Crippen LogP) is 2.99. The zero-order chi connectivity index (χ0) is 16.5. The summed E-state index contributed by atoms with van der Waals surface area (Å²) in [6, 6.07) is 7.30. The van der Waals surface area contributed by atoms with Gasteiger partial charge in [-0.25, -0.2) is 9.67 Å². The summed E-state index contributed by atoms with van der Waals surface area (Å²) in [5, 5.41) is 8.50. The first kappa shape index (κ1) is 16.0. The minimum absolute atomic E-state index is 0.400. The van der Waals surface area contributed by atoms with Crippen LogP contribution in [0.1, 0.15) is 43.0 Å². The fraction of sp³-hybridized carbons (Fsp3) is 0.556. The number of hydrogen-bond acceptors (Lipinski definition) is 5. The number of fused-ring (bicyclic) bond motifs is 2. The molecule has 2 aromatic rings. The van der Waals surface area contributed by atoms with E-state index in [0.717, 1.165) is 55.4 Å². The topological polar surface area (TPSA) is 52.0 Å². The molecule has 0 unspecified atom stereocenters. The number of aromatic nitrogens is 3. The SMILES string of the molecule is CCc1nc2n(n1)C[C@H](N[C@@H]1CCSc3ccc(OC)cc31)CC2. The molecule has 1 N–H and O–H groups in total. The summed E-state index contributed by atoms with van der Waals surface area (Å²) in [7, 11) is 1.73. The van der Waals surface area contributed by atoms with Gasteiger partial charge in [-0.2, -0.15) is 5.10 Å². The van der Waals surface area contributed by atoms with Crippen molar-refractivity contribution < 1.29 is 4.74 Å². The Morgan fingerprint density at radius 3 is 3.12 bits per heavy atom. The van der Waals surface area contributed by atoms with Gasteiger partial charge in [0.05, 0.1) is 13.7 Å². The van der Waals surface area contributed by atoms with E-state index in [9.17, 15) is 0 Å². The fourth-order valence-corrected chi connectivity index (χ4v) is 4.71. The molecule has 3 heterocycles. The van der Waals surface area contributed by atoms with Crippen molar-refractivity contribution in [1.29, 1.82) is 0 Å². The Balaban J connectivity index is 1.51. The average Bonchev–Trinajstić information content (AvgIpc) is 3.04. The normalized spacial score (nSPS) is 22.8. The summed E-state index contributed by atoms with van der Waals surface area (Å²) < 4.78 is 7.52. The van der Waals surface area contributed by atoms with E-state index >= 15 is 0 Å². The number of ether oxygens (including phenoxy) is 1. The second-order valence-corrected chi connectivity index (χ2v) is 7.61. The van der Waals surface area contributed by atoms with Crippen LogP contribution in [0.2, 0.25) is 0 Å². The molecule has 24 heavy (non-hydrogen) atoms. The summed E-state index contributed by atoms with van der Waals surface area (Å²) in [4.78, 5) is 5.99. The first-order chi connectivity index (χ1) is 11.8. The molecule has 0 fully saturated rings. The van der Waals surface area contributed by atoms with Crippen molar-refractivity contribution in [2.75, 3.05) is 12.9 Å². The number of hydrogen-bond donors (Lipinski definition) is 1. The van der Waals surface area contributed by atoms with Crippen LogP contribution in [0.3, 0.4) is 0 Å². The van der Waals surface area contributed by atoms with Gasteiger partial charge in [0.25, 0.3) is 0 Å². The predicted molar refractivity (Wildman–Crippen MR) is 95.7 cm³/mol. The Bertz CT molecular complexity index is 730. The monoisotopic (exact) mass is 344 g/mol. The van der Waals surface area contributed by atoms with E-state index in [4.69, 9.17) is 4.74 Å². The molecule has 2 aliphatic rings. The highest BCUT2D eigenvalue weighted by atomic mass is 32.2. The van der Waals surface area contributed by atoms with Gasteiger partial charge in [-0.05, 0) is 42.4 Å². The number of benzene rings is 1. The number of rotatable bonds is 4. The van der Waals surface area contributed by atoms with E-state index in [-0.39, 0.29) is 0 Å². The van der Waals surface area contributed by atoms with Crippen LogP contribution >= 0.6 is 11.8 Å². The van der Waals surface area contributed by atoms with Gasteiger partial charge in [-0.15, -0.1) is 11.8 Å². The summed E-state index contributed by atoms with van der Waals surface area (Å²) in [5.41, 5.74) is 1.38. The highest BCUT2D eigenvalue weighted by molar-refractivity contribution is 7.99. The number of nitrogens with zero attached hydrogens (tertiary/aromatic N) is 3. The maximum Gasteiger partial charge on any atom is 0.150 e. The molecule has 2 aliphatic heterocycles. The number of nitrogens with one attached hydrogen (secondary N) is 1. The molecule has 0 saturated carbocycles. The van der Waals surface area contributed by atoms with Gasteiger partial charge < -0.3 is 10.1 Å². The molecule has 0 bridgehead atoms. The molecule has 2 atom stereocenters. The highest BCUT2D eigenvalue weighted by Crippen LogP contribution is 2.38. The van der Waals surface area contributed by atoms with Gasteiger partial charge in [-0.1, -0.05) is 6.92 Å². The molecule has 6 heteroatoms. The molecular formula is C18H24N4OS. The van der Waals surface area contributed by atoms with Crippen molar-refractivity contribution in [3.05, 3.63) is 35.4 Å². The van der Waals surface area contributed by atoms with Gasteiger partial charge in [-0.3, -0.25) is 0 Å². The number of methoxy groups -OCH3 is 1. The van der Waals surface area contributed by atoms with E-state index in [1.54, 1.807) is 7.11 Å². The summed E-state index contributed by atoms with van der Waals surface area (Å²) in [6.07, 6.45) is 4.21. The van der Waals surface area contributed by atoms with Crippen molar-refractivity contribution in [2.24, 2.45) is 0 Å². The quantitative estimate of drug-likeness (QED) is 0.924. The Kier molecular flexibility index (Phi) is 4.50. The molecular weight excluding hydrogens is 320 g/mol. The van der Waals surface area contributed by atoms with E-state index in [0.29, 0.717) is 12.1 Å². The van der Waals surface area contributed by atoms with Crippen LogP contribution in [0.25, 0.3) is 0 Å². The second kappa shape index (κ2) is 6.76. The van der Waals surface area contributed by atoms with Crippen LogP contribution in [0.15, 0.2) is 23.1 Å². The Morgan fingerprint density at radius 1 is 1.38 bits per heavy atom. The largest absolute Gasteiger partial charge is 0.497 e. The lowest BCUT2D eigenvalue weighted by Gasteiger charge is -2.32. The van der Waals surface area contributed by atoms with Crippen LogP contribution in [-0.2, 0) is 19.4 Å². The standard InChI is InChI=1S/C18H24N4OS/c1-3-17-20-18-7-4-12(11-22(18)21-17)19-15-8-9-24-16-6-5-13(23-2)10-14(15)16/h5-6,10,12,15,19H,3-4,7-9,11H2,1-2H3/t12-,15-/m1/s1. The van der Waals surface area contributed by atoms with Crippen LogP contribution in [0.5, 0.6) is 5.75 Å². The maximum absolute atomic E-state index is 5.42. The second-order valence-electron chi connectivity index (χ2n) is 6.48. The average molecular weight is 344 g/mol. The van der Waals surface area contributed by atoms with Crippen LogP contribution in [-0.4, -0.2) is 33.7 Å². The Hall–Kier alpha value is -1.53. The van der Waals surface area contributed by atoms with Crippen LogP contribution in [0, 0.1) is 0 Å². The van der Waals surface area contributed by atoms with Crippen molar-refractivity contribution >= 4 is 11.8 Å². The third-order valence-corrected chi connectivity index (χ3v) is 6.03. The molecule has 0 amide bonds. The lowest BCUT2D eigenvalue weighted by Crippen LogP contribution is -2.40. The third kappa shape index (κ3) is 3.05. The summed E-state index contributed by atoms with van der Waals surface area (Å²) >= 11 is 1.95. The molecule has 0 radical (unpaired) electrons. The van der Waals surface area contributed by atoms with Crippen molar-refractivity contribution in [2.45, 2.75) is 56.1 Å². The van der Waals surface area contributed by atoms with Gasteiger partial charge in [0.1, 0.15) is 11.6 Å². The Morgan fingerprint density at radius 2 is 2.29 bits per heavy atom. The van der Waals surface area contributed by atoms with Crippen molar-refractivity contribution in [3.63, 3.8) is 0 Å². The highest BCUT2D eigenvalue weighted by Gasteiger charge is 2.27. The first-order valence-electron chi connectivity index (χ1n) is 8.76. The number of thioether (sulfide) groups is 1. The molecule has 128 valence electrons.